The maximum Gasteiger partial charge on any atom is 0.135 e. The number of hydrogen-bond donors (Lipinski definition) is 1. The summed E-state index contributed by atoms with van der Waals surface area (Å²) >= 11 is 1.61. The van der Waals surface area contributed by atoms with Crippen molar-refractivity contribution in [3.63, 3.8) is 0 Å². The molecule has 0 aliphatic rings. The normalized spacial score (nSPS) is 10.5. The van der Waals surface area contributed by atoms with Gasteiger partial charge in [-0.1, -0.05) is 0 Å². The van der Waals surface area contributed by atoms with Gasteiger partial charge in [-0.15, -0.1) is 11.3 Å². The lowest BCUT2D eigenvalue weighted by atomic mass is 10.3. The molecule has 0 bridgehead atoms. The Morgan fingerprint density at radius 1 is 1.33 bits per heavy atom. The van der Waals surface area contributed by atoms with Crippen molar-refractivity contribution in [2.75, 3.05) is 0 Å². The molecule has 2 aromatic rings. The number of thiazole rings is 1. The van der Waals surface area contributed by atoms with E-state index < -0.39 is 0 Å². The number of aryl methyl sites for hydroxylation is 1. The summed E-state index contributed by atoms with van der Waals surface area (Å²) in [6, 6.07) is 0. The molecule has 0 amide bonds. The first-order chi connectivity index (χ1) is 7.28. The fourth-order valence-electron chi connectivity index (χ4n) is 1.17. The van der Waals surface area contributed by atoms with Gasteiger partial charge in [0.15, 0.2) is 0 Å². The topological polar surface area (TPSA) is 58.9 Å². The highest BCUT2D eigenvalue weighted by molar-refractivity contribution is 7.09. The van der Waals surface area contributed by atoms with E-state index in [1.807, 2.05) is 12.3 Å². The largest absolute Gasteiger partial charge is 0.392 e. The minimum absolute atomic E-state index is 0.0172. The number of aromatic nitrogens is 3. The van der Waals surface area contributed by atoms with Crippen molar-refractivity contribution in [2.45, 2.75) is 20.0 Å². The molecule has 0 atom stereocenters. The third-order valence-electron chi connectivity index (χ3n) is 1.92. The van der Waals surface area contributed by atoms with E-state index >= 15 is 0 Å². The Balaban J connectivity index is 2.11. The van der Waals surface area contributed by atoms with Crippen LogP contribution in [0.1, 0.15) is 22.1 Å². The quantitative estimate of drug-likeness (QED) is 0.849. The van der Waals surface area contributed by atoms with Gasteiger partial charge in [0, 0.05) is 29.0 Å². The van der Waals surface area contributed by atoms with Gasteiger partial charge in [-0.05, 0) is 6.92 Å². The highest BCUT2D eigenvalue weighted by atomic mass is 32.1. The molecule has 1 N–H and O–H groups in total. The Labute approximate surface area is 91.7 Å². The second-order valence-electron chi connectivity index (χ2n) is 3.23. The average Bonchev–Trinajstić information content (AvgIpc) is 2.65. The first kappa shape index (κ1) is 10.2. The standard InChI is InChI=1S/C10H11N3OS/c1-7-6-15-10(13-7)2-9-11-3-8(5-14)4-12-9/h3-4,6,14H,2,5H2,1H3. The van der Waals surface area contributed by atoms with Crippen LogP contribution < -0.4 is 0 Å². The Bertz CT molecular complexity index is 438. The van der Waals surface area contributed by atoms with Crippen LogP contribution >= 0.6 is 11.3 Å². The van der Waals surface area contributed by atoms with E-state index in [4.69, 9.17) is 5.11 Å². The number of hydrogen-bond acceptors (Lipinski definition) is 5. The summed E-state index contributed by atoms with van der Waals surface area (Å²) in [6.07, 6.45) is 3.94. The zero-order valence-corrected chi connectivity index (χ0v) is 9.16. The summed E-state index contributed by atoms with van der Waals surface area (Å²) in [6.45, 7) is 1.95. The third-order valence-corrected chi connectivity index (χ3v) is 2.88. The average molecular weight is 221 g/mol. The summed E-state index contributed by atoms with van der Waals surface area (Å²) in [5, 5.41) is 11.9. The molecule has 78 valence electrons. The van der Waals surface area contributed by atoms with Gasteiger partial charge in [-0.3, -0.25) is 0 Å². The van der Waals surface area contributed by atoms with E-state index in [1.54, 1.807) is 23.7 Å². The SMILES string of the molecule is Cc1csc(Cc2ncc(CO)cn2)n1. The lowest BCUT2D eigenvalue weighted by Gasteiger charge is -1.97. The Kier molecular flexibility index (Phi) is 3.03. The molecular weight excluding hydrogens is 210 g/mol. The number of rotatable bonds is 3. The molecule has 0 aliphatic heterocycles. The van der Waals surface area contributed by atoms with Crippen LogP contribution in [-0.2, 0) is 13.0 Å². The van der Waals surface area contributed by atoms with Crippen molar-refractivity contribution < 1.29 is 5.11 Å². The van der Waals surface area contributed by atoms with Crippen molar-refractivity contribution in [2.24, 2.45) is 0 Å². The van der Waals surface area contributed by atoms with Crippen molar-refractivity contribution >= 4 is 11.3 Å². The summed E-state index contributed by atoms with van der Waals surface area (Å²) in [5.41, 5.74) is 1.76. The molecule has 15 heavy (non-hydrogen) atoms. The van der Waals surface area contributed by atoms with Gasteiger partial charge in [-0.25, -0.2) is 15.0 Å². The van der Waals surface area contributed by atoms with Gasteiger partial charge in [0.25, 0.3) is 0 Å². The molecule has 0 aromatic carbocycles. The molecule has 2 heterocycles. The number of nitrogens with zero attached hydrogens (tertiary/aromatic N) is 3. The molecule has 0 fully saturated rings. The second kappa shape index (κ2) is 4.46. The molecule has 0 saturated carbocycles. The lowest BCUT2D eigenvalue weighted by Crippen LogP contribution is -1.97. The molecule has 2 rings (SSSR count). The van der Waals surface area contributed by atoms with Crippen molar-refractivity contribution in [3.05, 3.63) is 39.9 Å². The summed E-state index contributed by atoms with van der Waals surface area (Å²) in [5.74, 6) is 0.738. The van der Waals surface area contributed by atoms with Crippen LogP contribution in [0.3, 0.4) is 0 Å². The van der Waals surface area contributed by atoms with Crippen molar-refractivity contribution in [1.29, 1.82) is 0 Å². The van der Waals surface area contributed by atoms with E-state index in [-0.39, 0.29) is 6.61 Å². The molecule has 0 saturated heterocycles. The monoisotopic (exact) mass is 221 g/mol. The molecule has 4 nitrogen and oxygen atoms in total. The smallest absolute Gasteiger partial charge is 0.135 e. The van der Waals surface area contributed by atoms with Crippen LogP contribution in [0.15, 0.2) is 17.8 Å². The summed E-state index contributed by atoms with van der Waals surface area (Å²) in [4.78, 5) is 12.6. The maximum atomic E-state index is 8.83. The molecular formula is C10H11N3OS. The first-order valence-corrected chi connectivity index (χ1v) is 5.47. The van der Waals surface area contributed by atoms with Gasteiger partial charge in [-0.2, -0.15) is 0 Å². The Morgan fingerprint density at radius 2 is 2.07 bits per heavy atom. The van der Waals surface area contributed by atoms with E-state index in [0.717, 1.165) is 22.1 Å². The second-order valence-corrected chi connectivity index (χ2v) is 4.17. The number of aliphatic hydroxyl groups excluding tert-OH is 1. The number of aliphatic hydroxyl groups is 1. The molecule has 0 unspecified atom stereocenters. The minimum Gasteiger partial charge on any atom is -0.392 e. The summed E-state index contributed by atoms with van der Waals surface area (Å²) < 4.78 is 0. The highest BCUT2D eigenvalue weighted by Gasteiger charge is 2.03. The molecule has 2 aromatic heterocycles. The van der Waals surface area contributed by atoms with Crippen molar-refractivity contribution in [1.82, 2.24) is 15.0 Å². The molecule has 0 radical (unpaired) electrons. The first-order valence-electron chi connectivity index (χ1n) is 4.59. The van der Waals surface area contributed by atoms with Gasteiger partial charge in [0.1, 0.15) is 10.8 Å². The highest BCUT2D eigenvalue weighted by Crippen LogP contribution is 2.11. The fourth-order valence-corrected chi connectivity index (χ4v) is 1.94. The predicted octanol–water partition coefficient (Wildman–Crippen LogP) is 1.32. The van der Waals surface area contributed by atoms with E-state index in [9.17, 15) is 0 Å². The predicted molar refractivity (Wildman–Crippen MR) is 57.6 cm³/mol. The summed E-state index contributed by atoms with van der Waals surface area (Å²) in [7, 11) is 0. The van der Waals surface area contributed by atoms with E-state index in [0.29, 0.717) is 6.42 Å². The van der Waals surface area contributed by atoms with Crippen LogP contribution in [0.2, 0.25) is 0 Å². The van der Waals surface area contributed by atoms with Crippen LogP contribution in [0.25, 0.3) is 0 Å². The fraction of sp³-hybridized carbons (Fsp3) is 0.300. The molecule has 0 aliphatic carbocycles. The van der Waals surface area contributed by atoms with Crippen LogP contribution in [0, 0.1) is 6.92 Å². The Hall–Kier alpha value is -1.33. The van der Waals surface area contributed by atoms with Crippen LogP contribution in [0.4, 0.5) is 0 Å². The Morgan fingerprint density at radius 3 is 2.60 bits per heavy atom. The van der Waals surface area contributed by atoms with Crippen LogP contribution in [-0.4, -0.2) is 20.1 Å². The van der Waals surface area contributed by atoms with Gasteiger partial charge >= 0.3 is 0 Å². The van der Waals surface area contributed by atoms with Gasteiger partial charge in [0.2, 0.25) is 0 Å². The van der Waals surface area contributed by atoms with Crippen LogP contribution in [0.5, 0.6) is 0 Å². The minimum atomic E-state index is -0.0172. The van der Waals surface area contributed by atoms with Crippen molar-refractivity contribution in [3.8, 4) is 0 Å². The van der Waals surface area contributed by atoms with E-state index in [2.05, 4.69) is 15.0 Å². The zero-order valence-electron chi connectivity index (χ0n) is 8.34. The van der Waals surface area contributed by atoms with E-state index in [1.165, 1.54) is 0 Å². The maximum absolute atomic E-state index is 8.83. The molecule has 0 spiro atoms. The zero-order chi connectivity index (χ0) is 10.7. The lowest BCUT2D eigenvalue weighted by molar-refractivity contribution is 0.280. The van der Waals surface area contributed by atoms with Gasteiger partial charge < -0.3 is 5.11 Å². The van der Waals surface area contributed by atoms with Gasteiger partial charge in [0.05, 0.1) is 13.0 Å². The third kappa shape index (κ3) is 2.57. The molecule has 5 heteroatoms.